The maximum Gasteiger partial charge on any atom is 0.117 e. The Bertz CT molecular complexity index is 505. The predicted molar refractivity (Wildman–Crippen MR) is 169 cm³/mol. The highest BCUT2D eigenvalue weighted by Crippen LogP contribution is 2.41. The van der Waals surface area contributed by atoms with E-state index in [1.54, 1.807) is 0 Å². The van der Waals surface area contributed by atoms with Gasteiger partial charge in [0, 0.05) is 0 Å². The summed E-state index contributed by atoms with van der Waals surface area (Å²) < 4.78 is 0. The van der Waals surface area contributed by atoms with E-state index in [1.807, 2.05) is 0 Å². The van der Waals surface area contributed by atoms with Gasteiger partial charge in [0.05, 0.1) is 0 Å². The molecule has 0 aromatic carbocycles. The lowest BCUT2D eigenvalue weighted by molar-refractivity contribution is 0.464. The van der Waals surface area contributed by atoms with Crippen molar-refractivity contribution in [3.63, 3.8) is 0 Å². The van der Waals surface area contributed by atoms with Crippen LogP contribution in [0.1, 0.15) is 180 Å². The molecule has 0 aromatic rings. The van der Waals surface area contributed by atoms with E-state index in [4.69, 9.17) is 0 Å². The molecule has 0 nitrogen and oxygen atoms in total. The van der Waals surface area contributed by atoms with E-state index in [1.165, 1.54) is 180 Å². The Balaban J connectivity index is 1.35. The molecule has 3 heteroatoms. The van der Waals surface area contributed by atoms with Gasteiger partial charge < -0.3 is 0 Å². The van der Waals surface area contributed by atoms with Crippen molar-refractivity contribution >= 4 is 21.8 Å². The van der Waals surface area contributed by atoms with Gasteiger partial charge in [0.2, 0.25) is 0 Å². The van der Waals surface area contributed by atoms with Crippen molar-refractivity contribution in [2.75, 3.05) is 0 Å². The lowest BCUT2D eigenvalue weighted by Crippen LogP contribution is -2.20. The third-order valence-electron chi connectivity index (χ3n) is 11.0. The molecule has 4 fully saturated rings. The standard InChI is InChI=1S/C34H62B3/c1-4-10-17-29(18-11-5-1)35-32-23-16-24-33(36-30-19-12-6-2-7-13-20-30)26-28-34(27-25-32)37-31-21-14-8-3-9-15-22-31/h29-34H,1-28H2. The second kappa shape index (κ2) is 18.5. The van der Waals surface area contributed by atoms with Gasteiger partial charge in [-0.15, -0.1) is 0 Å². The molecule has 0 N–H and O–H groups in total. The smallest absolute Gasteiger partial charge is 0.0686 e. The Kier molecular flexibility index (Phi) is 15.1. The molecule has 0 bridgehead atoms. The van der Waals surface area contributed by atoms with Crippen LogP contribution in [-0.2, 0) is 0 Å². The van der Waals surface area contributed by atoms with Crippen molar-refractivity contribution in [2.45, 2.75) is 215 Å². The Morgan fingerprint density at radius 2 is 0.378 bits per heavy atom. The highest BCUT2D eigenvalue weighted by Gasteiger charge is 2.27. The summed E-state index contributed by atoms with van der Waals surface area (Å²) in [7, 11) is 8.79. The van der Waals surface area contributed by atoms with Crippen LogP contribution in [0.4, 0.5) is 0 Å². The molecule has 0 heterocycles. The van der Waals surface area contributed by atoms with Crippen molar-refractivity contribution in [3.8, 4) is 0 Å². The number of hydrogen-bond donors (Lipinski definition) is 0. The van der Waals surface area contributed by atoms with Gasteiger partial charge >= 0.3 is 0 Å². The first kappa shape index (κ1) is 30.2. The van der Waals surface area contributed by atoms with Crippen molar-refractivity contribution in [1.82, 2.24) is 0 Å². The van der Waals surface area contributed by atoms with E-state index < -0.39 is 0 Å². The normalized spacial score (nSPS) is 31.9. The van der Waals surface area contributed by atoms with Crippen LogP contribution in [0, 0.1) is 0 Å². The van der Waals surface area contributed by atoms with E-state index >= 15 is 0 Å². The summed E-state index contributed by atoms with van der Waals surface area (Å²) in [5, 5.41) is 0. The maximum atomic E-state index is 2.94. The molecule has 4 rings (SSSR count). The van der Waals surface area contributed by atoms with Crippen LogP contribution in [0.25, 0.3) is 0 Å². The SMILES string of the molecule is [B](C1CCCCCCC1)C1CCCC([B]C2CCCCCCC2)CCC([B]C2CCCCCCC2)CC1. The lowest BCUT2D eigenvalue weighted by Gasteiger charge is -2.31. The van der Waals surface area contributed by atoms with Crippen LogP contribution in [0.15, 0.2) is 0 Å². The molecule has 0 amide bonds. The summed E-state index contributed by atoms with van der Waals surface area (Å²) in [5.41, 5.74) is 0. The van der Waals surface area contributed by atoms with E-state index in [2.05, 4.69) is 21.8 Å². The molecule has 3 radical (unpaired) electrons. The van der Waals surface area contributed by atoms with Crippen LogP contribution in [0.5, 0.6) is 0 Å². The molecule has 4 saturated carbocycles. The van der Waals surface area contributed by atoms with Crippen LogP contribution < -0.4 is 0 Å². The minimum Gasteiger partial charge on any atom is -0.0686 e. The fourth-order valence-electron chi connectivity index (χ4n) is 8.70. The Morgan fingerprint density at radius 3 is 0.676 bits per heavy atom. The monoisotopic (exact) mass is 504 g/mol. The first-order valence-electron chi connectivity index (χ1n) is 17.9. The molecular weight excluding hydrogens is 441 g/mol. The molecule has 2 atom stereocenters. The van der Waals surface area contributed by atoms with Gasteiger partial charge in [-0.25, -0.2) is 0 Å². The topological polar surface area (TPSA) is 0 Å². The van der Waals surface area contributed by atoms with Crippen LogP contribution in [0.3, 0.4) is 0 Å². The summed E-state index contributed by atoms with van der Waals surface area (Å²) >= 11 is 0. The van der Waals surface area contributed by atoms with Crippen LogP contribution >= 0.6 is 0 Å². The first-order chi connectivity index (χ1) is 18.3. The molecular formula is C34H62B3. The zero-order valence-electron chi connectivity index (χ0n) is 25.0. The van der Waals surface area contributed by atoms with Crippen LogP contribution in [-0.4, -0.2) is 21.8 Å². The first-order valence-corrected chi connectivity index (χ1v) is 17.9. The fraction of sp³-hybridized carbons (Fsp3) is 1.00. The minimum atomic E-state index is 0.893. The molecule has 0 saturated heterocycles. The molecule has 0 aliphatic heterocycles. The molecule has 2 unspecified atom stereocenters. The number of rotatable bonds is 6. The minimum absolute atomic E-state index is 0.893. The highest BCUT2D eigenvalue weighted by molar-refractivity contribution is 6.41. The zero-order chi connectivity index (χ0) is 25.4. The molecule has 0 aromatic heterocycles. The summed E-state index contributed by atoms with van der Waals surface area (Å²) in [6.45, 7) is 0. The average molecular weight is 503 g/mol. The molecule has 4 aliphatic rings. The largest absolute Gasteiger partial charge is 0.117 e. The van der Waals surface area contributed by atoms with Crippen molar-refractivity contribution in [3.05, 3.63) is 0 Å². The van der Waals surface area contributed by atoms with E-state index in [-0.39, 0.29) is 0 Å². The van der Waals surface area contributed by atoms with Gasteiger partial charge in [-0.3, -0.25) is 0 Å². The summed E-state index contributed by atoms with van der Waals surface area (Å²) in [5.74, 6) is 5.48. The van der Waals surface area contributed by atoms with Crippen molar-refractivity contribution < 1.29 is 0 Å². The van der Waals surface area contributed by atoms with Crippen molar-refractivity contribution in [1.29, 1.82) is 0 Å². The van der Waals surface area contributed by atoms with E-state index in [9.17, 15) is 0 Å². The second-order valence-corrected chi connectivity index (χ2v) is 14.3. The predicted octanol–water partition coefficient (Wildman–Crippen LogP) is 11.8. The Morgan fingerprint density at radius 1 is 0.189 bits per heavy atom. The second-order valence-electron chi connectivity index (χ2n) is 14.3. The molecule has 4 aliphatic carbocycles. The molecule has 37 heavy (non-hydrogen) atoms. The summed E-state index contributed by atoms with van der Waals surface area (Å²) in [6.07, 6.45) is 41.7. The number of hydrogen-bond acceptors (Lipinski definition) is 0. The van der Waals surface area contributed by atoms with E-state index in [0.717, 1.165) is 34.9 Å². The van der Waals surface area contributed by atoms with E-state index in [0.29, 0.717) is 0 Å². The molecule has 207 valence electrons. The van der Waals surface area contributed by atoms with Gasteiger partial charge in [0.15, 0.2) is 0 Å². The summed E-state index contributed by atoms with van der Waals surface area (Å²) in [6, 6.07) is 0. The van der Waals surface area contributed by atoms with Gasteiger partial charge in [-0.1, -0.05) is 215 Å². The Hall–Kier alpha value is 0.195. The maximum absolute atomic E-state index is 2.94. The lowest BCUT2D eigenvalue weighted by atomic mass is 9.44. The summed E-state index contributed by atoms with van der Waals surface area (Å²) in [4.78, 5) is 0. The third-order valence-corrected chi connectivity index (χ3v) is 11.0. The zero-order valence-corrected chi connectivity index (χ0v) is 25.0. The average Bonchev–Trinajstić information content (AvgIpc) is 2.84. The molecule has 0 spiro atoms. The quantitative estimate of drug-likeness (QED) is 0.316. The highest BCUT2D eigenvalue weighted by atomic mass is 14.2. The van der Waals surface area contributed by atoms with Gasteiger partial charge in [-0.05, 0) is 0 Å². The van der Waals surface area contributed by atoms with Crippen LogP contribution in [0.2, 0.25) is 34.9 Å². The Labute approximate surface area is 236 Å². The van der Waals surface area contributed by atoms with Crippen molar-refractivity contribution in [2.24, 2.45) is 0 Å². The van der Waals surface area contributed by atoms with Gasteiger partial charge in [-0.2, -0.15) is 0 Å². The van der Waals surface area contributed by atoms with Gasteiger partial charge in [0.25, 0.3) is 0 Å². The van der Waals surface area contributed by atoms with Gasteiger partial charge in [0.1, 0.15) is 21.8 Å². The third kappa shape index (κ3) is 12.5. The fourth-order valence-corrected chi connectivity index (χ4v) is 8.70.